The third kappa shape index (κ3) is 6.40. The van der Waals surface area contributed by atoms with Crippen LogP contribution in [0, 0.1) is 6.92 Å². The number of carbonyl (C=O) groups excluding carboxylic acids is 1. The first-order valence-electron chi connectivity index (χ1n) is 10.6. The normalized spacial score (nSPS) is 11.6. The Kier molecular flexibility index (Phi) is 7.32. The van der Waals surface area contributed by atoms with E-state index in [2.05, 4.69) is 15.3 Å². The second kappa shape index (κ2) is 10.7. The molecule has 0 bridgehead atoms. The van der Waals surface area contributed by atoms with Crippen molar-refractivity contribution in [2.24, 2.45) is 0 Å². The van der Waals surface area contributed by atoms with E-state index in [9.17, 15) is 4.79 Å². The zero-order valence-corrected chi connectivity index (χ0v) is 19.3. The molecule has 0 aliphatic heterocycles. The fraction of sp³-hybridized carbons (Fsp3) is 0.192. The summed E-state index contributed by atoms with van der Waals surface area (Å²) in [6.45, 7) is 4.67. The van der Waals surface area contributed by atoms with Gasteiger partial charge in [-0.25, -0.2) is 4.98 Å². The number of nitrogens with zero attached hydrogens (tertiary/aromatic N) is 2. The van der Waals surface area contributed by atoms with Gasteiger partial charge in [0.25, 0.3) is 5.91 Å². The van der Waals surface area contributed by atoms with Crippen molar-refractivity contribution in [3.05, 3.63) is 106 Å². The number of thiazole rings is 1. The highest BCUT2D eigenvalue weighted by atomic mass is 32.1. The molecule has 0 aliphatic rings. The fourth-order valence-electron chi connectivity index (χ4n) is 3.24. The summed E-state index contributed by atoms with van der Waals surface area (Å²) >= 11 is 1.59. The third-order valence-corrected chi connectivity index (χ3v) is 5.79. The first-order chi connectivity index (χ1) is 16.1. The van der Waals surface area contributed by atoms with Gasteiger partial charge >= 0.3 is 0 Å². The van der Waals surface area contributed by atoms with Crippen molar-refractivity contribution >= 4 is 17.2 Å². The van der Waals surface area contributed by atoms with Crippen LogP contribution in [-0.2, 0) is 13.2 Å². The largest absolute Gasteiger partial charge is 0.487 e. The summed E-state index contributed by atoms with van der Waals surface area (Å²) in [6.07, 6.45) is 1.74. The highest BCUT2D eigenvalue weighted by Gasteiger charge is 2.13. The zero-order valence-electron chi connectivity index (χ0n) is 18.5. The van der Waals surface area contributed by atoms with E-state index in [0.717, 1.165) is 27.7 Å². The van der Waals surface area contributed by atoms with Crippen LogP contribution in [0.1, 0.15) is 45.3 Å². The second-order valence-corrected chi connectivity index (χ2v) is 8.61. The monoisotopic (exact) mass is 459 g/mol. The number of hydrogen-bond donors (Lipinski definition) is 1. The molecule has 0 saturated heterocycles. The lowest BCUT2D eigenvalue weighted by atomic mass is 10.1. The van der Waals surface area contributed by atoms with Gasteiger partial charge in [-0.3, -0.25) is 9.78 Å². The summed E-state index contributed by atoms with van der Waals surface area (Å²) in [7, 11) is 0. The molecule has 0 saturated carbocycles. The van der Waals surface area contributed by atoms with Gasteiger partial charge in [-0.15, -0.1) is 11.3 Å². The number of pyridine rings is 1. The molecule has 168 valence electrons. The van der Waals surface area contributed by atoms with Crippen molar-refractivity contribution in [2.75, 3.05) is 0 Å². The summed E-state index contributed by atoms with van der Waals surface area (Å²) in [5.74, 6) is 1.19. The number of aryl methyl sites for hydroxylation is 1. The predicted molar refractivity (Wildman–Crippen MR) is 129 cm³/mol. The van der Waals surface area contributed by atoms with Gasteiger partial charge in [-0.2, -0.15) is 0 Å². The van der Waals surface area contributed by atoms with E-state index >= 15 is 0 Å². The van der Waals surface area contributed by atoms with Crippen molar-refractivity contribution in [3.63, 3.8) is 0 Å². The first kappa shape index (κ1) is 22.5. The zero-order chi connectivity index (χ0) is 23.0. The summed E-state index contributed by atoms with van der Waals surface area (Å²) in [5.41, 5.74) is 3.23. The first-order valence-corrected chi connectivity index (χ1v) is 11.5. The molecule has 6 nitrogen and oxygen atoms in total. The van der Waals surface area contributed by atoms with E-state index in [1.807, 2.05) is 73.8 Å². The van der Waals surface area contributed by atoms with Gasteiger partial charge in [0.05, 0.1) is 22.4 Å². The van der Waals surface area contributed by atoms with Gasteiger partial charge in [-0.1, -0.05) is 24.3 Å². The average molecular weight is 460 g/mol. The third-order valence-electron chi connectivity index (χ3n) is 4.97. The Hall–Kier alpha value is -3.71. The quantitative estimate of drug-likeness (QED) is 0.358. The Morgan fingerprint density at radius 3 is 2.45 bits per heavy atom. The van der Waals surface area contributed by atoms with Crippen LogP contribution in [0.15, 0.2) is 78.3 Å². The number of nitrogens with one attached hydrogen (secondary N) is 1. The Morgan fingerprint density at radius 2 is 1.73 bits per heavy atom. The van der Waals surface area contributed by atoms with Crippen LogP contribution < -0.4 is 14.8 Å². The maximum absolute atomic E-state index is 12.8. The molecular weight excluding hydrogens is 434 g/mol. The molecule has 4 aromatic rings. The van der Waals surface area contributed by atoms with Gasteiger partial charge in [0.15, 0.2) is 0 Å². The number of rotatable bonds is 9. The molecule has 2 heterocycles. The molecule has 2 aromatic carbocycles. The van der Waals surface area contributed by atoms with E-state index in [4.69, 9.17) is 9.47 Å². The summed E-state index contributed by atoms with van der Waals surface area (Å²) < 4.78 is 11.7. The molecule has 0 spiro atoms. The van der Waals surface area contributed by atoms with Crippen molar-refractivity contribution < 1.29 is 14.3 Å². The lowest BCUT2D eigenvalue weighted by molar-refractivity contribution is 0.0939. The van der Waals surface area contributed by atoms with Crippen LogP contribution in [0.2, 0.25) is 0 Å². The SMILES string of the molecule is Cc1nc(COc2cccc(C(=O)NC(C)c3cccc(OCc4ccccn4)c3)c2)cs1. The number of hydrogen-bond acceptors (Lipinski definition) is 6. The van der Waals surface area contributed by atoms with Crippen molar-refractivity contribution in [1.29, 1.82) is 0 Å². The van der Waals surface area contributed by atoms with E-state index in [1.165, 1.54) is 0 Å². The summed E-state index contributed by atoms with van der Waals surface area (Å²) in [5, 5.41) is 6.02. The van der Waals surface area contributed by atoms with Gasteiger partial charge < -0.3 is 14.8 Å². The van der Waals surface area contributed by atoms with Gasteiger partial charge in [0.2, 0.25) is 0 Å². The minimum Gasteiger partial charge on any atom is -0.487 e. The van der Waals surface area contributed by atoms with Crippen LogP contribution in [0.3, 0.4) is 0 Å². The topological polar surface area (TPSA) is 73.3 Å². The van der Waals surface area contributed by atoms with Gasteiger partial charge in [0.1, 0.15) is 24.7 Å². The van der Waals surface area contributed by atoms with Crippen LogP contribution in [-0.4, -0.2) is 15.9 Å². The minimum atomic E-state index is -0.196. The molecule has 4 rings (SSSR count). The van der Waals surface area contributed by atoms with Crippen molar-refractivity contribution in [1.82, 2.24) is 15.3 Å². The predicted octanol–water partition coefficient (Wildman–Crippen LogP) is 5.50. The molecule has 1 amide bonds. The number of amides is 1. The second-order valence-electron chi connectivity index (χ2n) is 7.55. The van der Waals surface area contributed by atoms with Gasteiger partial charge in [-0.05, 0) is 61.9 Å². The number of aromatic nitrogens is 2. The highest BCUT2D eigenvalue weighted by Crippen LogP contribution is 2.21. The lowest BCUT2D eigenvalue weighted by Gasteiger charge is -2.16. The highest BCUT2D eigenvalue weighted by molar-refractivity contribution is 7.09. The molecule has 33 heavy (non-hydrogen) atoms. The molecule has 2 aromatic heterocycles. The van der Waals surface area contributed by atoms with Crippen molar-refractivity contribution in [3.8, 4) is 11.5 Å². The summed E-state index contributed by atoms with van der Waals surface area (Å²) in [6, 6.07) is 20.4. The Bertz CT molecular complexity index is 1210. The number of ether oxygens (including phenoxy) is 2. The Morgan fingerprint density at radius 1 is 0.970 bits per heavy atom. The molecule has 7 heteroatoms. The van der Waals surface area contributed by atoms with E-state index < -0.39 is 0 Å². The number of benzene rings is 2. The molecule has 0 aliphatic carbocycles. The molecular formula is C26H25N3O3S. The molecule has 1 N–H and O–H groups in total. The van der Waals surface area contributed by atoms with E-state index in [1.54, 1.807) is 29.7 Å². The van der Waals surface area contributed by atoms with E-state index in [-0.39, 0.29) is 11.9 Å². The minimum absolute atomic E-state index is 0.169. The Balaban J connectivity index is 1.35. The molecule has 1 atom stereocenters. The standard InChI is InChI=1S/C26H25N3O3S/c1-18(20-7-5-10-24(13-20)31-15-22-9-3-4-12-27-22)28-26(30)21-8-6-11-25(14-21)32-16-23-17-33-19(2)29-23/h3-14,17-18H,15-16H2,1-2H3,(H,28,30). The lowest BCUT2D eigenvalue weighted by Crippen LogP contribution is -2.26. The number of carbonyl (C=O) groups is 1. The Labute approximate surface area is 197 Å². The van der Waals surface area contributed by atoms with Crippen molar-refractivity contribution in [2.45, 2.75) is 33.1 Å². The maximum atomic E-state index is 12.8. The average Bonchev–Trinajstić information content (AvgIpc) is 3.27. The smallest absolute Gasteiger partial charge is 0.251 e. The maximum Gasteiger partial charge on any atom is 0.251 e. The van der Waals surface area contributed by atoms with Crippen LogP contribution in [0.25, 0.3) is 0 Å². The molecule has 0 radical (unpaired) electrons. The summed E-state index contributed by atoms with van der Waals surface area (Å²) in [4.78, 5) is 21.5. The van der Waals surface area contributed by atoms with Crippen LogP contribution in [0.4, 0.5) is 0 Å². The van der Waals surface area contributed by atoms with Crippen LogP contribution >= 0.6 is 11.3 Å². The molecule has 0 fully saturated rings. The van der Waals surface area contributed by atoms with E-state index in [0.29, 0.717) is 24.5 Å². The van der Waals surface area contributed by atoms with Crippen LogP contribution in [0.5, 0.6) is 11.5 Å². The molecule has 1 unspecified atom stereocenters. The van der Waals surface area contributed by atoms with Gasteiger partial charge in [0, 0.05) is 17.1 Å². The fourth-order valence-corrected chi connectivity index (χ4v) is 3.83.